The van der Waals surface area contributed by atoms with Gasteiger partial charge in [-0.1, -0.05) is 17.7 Å². The molecule has 1 N–H and O–H groups in total. The lowest BCUT2D eigenvalue weighted by Crippen LogP contribution is -2.58. The van der Waals surface area contributed by atoms with Crippen LogP contribution in [-0.2, 0) is 0 Å². The van der Waals surface area contributed by atoms with E-state index in [1.807, 2.05) is 4.90 Å². The van der Waals surface area contributed by atoms with Crippen LogP contribution < -0.4 is 14.4 Å². The van der Waals surface area contributed by atoms with Crippen molar-refractivity contribution >= 4 is 34.3 Å². The van der Waals surface area contributed by atoms with E-state index in [4.69, 9.17) is 21.1 Å². The van der Waals surface area contributed by atoms with Crippen molar-refractivity contribution in [1.82, 2.24) is 9.88 Å². The predicted molar refractivity (Wildman–Crippen MR) is 115 cm³/mol. The standard InChI is InChI=1S/C22H18ClF2N3O4/c1-31-15-4-2-3-14(24)18(15)17-13(23)7-12-20(19(17)25)26-8-16-21(12)28-6-5-27(22(29)30)9-11(28)10-32-16/h2-4,7-8,11H,5-6,9-10H2,1H3,(H,29,30)/t11-/m1/s1. The topological polar surface area (TPSA) is 75.1 Å². The highest BCUT2D eigenvalue weighted by molar-refractivity contribution is 6.34. The van der Waals surface area contributed by atoms with Crippen LogP contribution in [0.15, 0.2) is 30.5 Å². The van der Waals surface area contributed by atoms with E-state index < -0.39 is 17.7 Å². The zero-order valence-electron chi connectivity index (χ0n) is 16.9. The number of benzene rings is 2. The van der Waals surface area contributed by atoms with Gasteiger partial charge in [0, 0.05) is 30.6 Å². The predicted octanol–water partition coefficient (Wildman–Crippen LogP) is 4.40. The van der Waals surface area contributed by atoms with E-state index in [0.717, 1.165) is 0 Å². The molecule has 3 aromatic rings. The third kappa shape index (κ3) is 3.07. The first-order chi connectivity index (χ1) is 15.4. The molecule has 7 nitrogen and oxygen atoms in total. The molecule has 2 aromatic carbocycles. The van der Waals surface area contributed by atoms with Crippen molar-refractivity contribution in [3.05, 3.63) is 47.1 Å². The number of ether oxygens (including phenoxy) is 2. The smallest absolute Gasteiger partial charge is 0.407 e. The number of rotatable bonds is 2. The molecule has 0 aliphatic carbocycles. The molecule has 2 aliphatic rings. The third-order valence-electron chi connectivity index (χ3n) is 5.91. The Morgan fingerprint density at radius 1 is 1.31 bits per heavy atom. The molecule has 0 radical (unpaired) electrons. The summed E-state index contributed by atoms with van der Waals surface area (Å²) in [6.45, 7) is 1.26. The number of halogens is 3. The Kier molecular flexibility index (Phi) is 4.93. The van der Waals surface area contributed by atoms with Gasteiger partial charge in [-0.3, -0.25) is 0 Å². The molecule has 166 valence electrons. The first-order valence-corrected chi connectivity index (χ1v) is 10.3. The minimum absolute atomic E-state index is 0.0000968. The highest BCUT2D eigenvalue weighted by Gasteiger charge is 2.36. The number of amides is 1. The Balaban J connectivity index is 1.69. The summed E-state index contributed by atoms with van der Waals surface area (Å²) in [6.07, 6.45) is 0.434. The van der Waals surface area contributed by atoms with Crippen molar-refractivity contribution < 1.29 is 28.2 Å². The lowest BCUT2D eigenvalue weighted by Gasteiger charge is -2.45. The van der Waals surface area contributed by atoms with Gasteiger partial charge in [0.1, 0.15) is 23.7 Å². The van der Waals surface area contributed by atoms with Crippen molar-refractivity contribution in [2.75, 3.05) is 38.3 Å². The van der Waals surface area contributed by atoms with E-state index in [1.54, 1.807) is 6.07 Å². The first kappa shape index (κ1) is 20.6. The maximum atomic E-state index is 15.8. The second-order valence-corrected chi connectivity index (χ2v) is 8.03. The van der Waals surface area contributed by atoms with Crippen LogP contribution in [0.3, 0.4) is 0 Å². The number of methoxy groups -OCH3 is 1. The minimum atomic E-state index is -0.993. The van der Waals surface area contributed by atoms with Crippen molar-refractivity contribution in [3.8, 4) is 22.6 Å². The zero-order valence-corrected chi connectivity index (χ0v) is 17.7. The number of piperazine rings is 1. The Hall–Kier alpha value is -3.33. The summed E-state index contributed by atoms with van der Waals surface area (Å²) in [5.41, 5.74) is 0.399. The fourth-order valence-corrected chi connectivity index (χ4v) is 4.72. The van der Waals surface area contributed by atoms with E-state index in [-0.39, 0.29) is 46.6 Å². The number of anilines is 1. The molecule has 1 amide bonds. The minimum Gasteiger partial charge on any atom is -0.496 e. The van der Waals surface area contributed by atoms with Gasteiger partial charge in [-0.15, -0.1) is 0 Å². The number of pyridine rings is 1. The van der Waals surface area contributed by atoms with Crippen LogP contribution in [0.1, 0.15) is 0 Å². The second-order valence-electron chi connectivity index (χ2n) is 7.62. The number of aromatic nitrogens is 1. The molecule has 32 heavy (non-hydrogen) atoms. The lowest BCUT2D eigenvalue weighted by atomic mass is 9.99. The Morgan fingerprint density at radius 3 is 2.88 bits per heavy atom. The van der Waals surface area contributed by atoms with Gasteiger partial charge in [0.25, 0.3) is 0 Å². The SMILES string of the molecule is COc1cccc(F)c1-c1c(Cl)cc2c3c(cnc2c1F)OC[C@H]1CN(C(=O)O)CCN31. The van der Waals surface area contributed by atoms with E-state index in [9.17, 15) is 14.3 Å². The lowest BCUT2D eigenvalue weighted by molar-refractivity contribution is 0.123. The number of hydrogen-bond donors (Lipinski definition) is 1. The fourth-order valence-electron chi connectivity index (χ4n) is 4.43. The summed E-state index contributed by atoms with van der Waals surface area (Å²) in [5, 5.41) is 9.74. The molecular weight excluding hydrogens is 444 g/mol. The van der Waals surface area contributed by atoms with Crippen molar-refractivity contribution in [2.45, 2.75) is 6.04 Å². The normalized spacial score (nSPS) is 17.6. The van der Waals surface area contributed by atoms with E-state index >= 15 is 4.39 Å². The van der Waals surface area contributed by atoms with Gasteiger partial charge in [-0.05, 0) is 18.2 Å². The summed E-state index contributed by atoms with van der Waals surface area (Å²) in [5.74, 6) is -0.832. The van der Waals surface area contributed by atoms with Crippen molar-refractivity contribution in [2.24, 2.45) is 0 Å². The number of carbonyl (C=O) groups is 1. The van der Waals surface area contributed by atoms with Crippen LogP contribution >= 0.6 is 11.6 Å². The number of nitrogens with zero attached hydrogens (tertiary/aromatic N) is 3. The Labute approximate surface area is 186 Å². The first-order valence-electron chi connectivity index (χ1n) is 9.91. The van der Waals surface area contributed by atoms with Gasteiger partial charge in [0.2, 0.25) is 0 Å². The highest BCUT2D eigenvalue weighted by Crippen LogP contribution is 2.46. The molecule has 1 atom stereocenters. The van der Waals surface area contributed by atoms with Gasteiger partial charge in [-0.2, -0.15) is 0 Å². The highest BCUT2D eigenvalue weighted by atomic mass is 35.5. The molecule has 3 heterocycles. The zero-order chi connectivity index (χ0) is 22.6. The summed E-state index contributed by atoms with van der Waals surface area (Å²) in [6, 6.07) is 5.51. The van der Waals surface area contributed by atoms with Crippen molar-refractivity contribution in [1.29, 1.82) is 0 Å². The molecule has 1 fully saturated rings. The Morgan fingerprint density at radius 2 is 2.12 bits per heavy atom. The van der Waals surface area contributed by atoms with Crippen LogP contribution in [0.5, 0.6) is 11.5 Å². The average Bonchev–Trinajstić information content (AvgIpc) is 2.79. The Bertz CT molecular complexity index is 1260. The molecular formula is C22H18ClF2N3O4. The van der Waals surface area contributed by atoms with Crippen molar-refractivity contribution in [3.63, 3.8) is 0 Å². The monoisotopic (exact) mass is 461 g/mol. The van der Waals surface area contributed by atoms with Gasteiger partial charge in [0.05, 0.1) is 35.6 Å². The average molecular weight is 462 g/mol. The summed E-state index contributed by atoms with van der Waals surface area (Å²) >= 11 is 6.49. The number of fused-ring (bicyclic) bond motifs is 5. The fraction of sp³-hybridized carbons (Fsp3) is 0.273. The molecule has 2 aliphatic heterocycles. The van der Waals surface area contributed by atoms with Crippen LogP contribution in [0.25, 0.3) is 22.0 Å². The maximum absolute atomic E-state index is 15.8. The number of hydrogen-bond acceptors (Lipinski definition) is 5. The van der Waals surface area contributed by atoms with E-state index in [2.05, 4.69) is 4.98 Å². The van der Waals surface area contributed by atoms with Gasteiger partial charge in [-0.25, -0.2) is 18.6 Å². The van der Waals surface area contributed by atoms with Crippen LogP contribution in [-0.4, -0.2) is 60.5 Å². The van der Waals surface area contributed by atoms with Gasteiger partial charge < -0.3 is 24.4 Å². The largest absolute Gasteiger partial charge is 0.496 e. The molecule has 10 heteroatoms. The molecule has 5 rings (SSSR count). The third-order valence-corrected chi connectivity index (χ3v) is 6.21. The molecule has 0 bridgehead atoms. The van der Waals surface area contributed by atoms with Gasteiger partial charge >= 0.3 is 6.09 Å². The molecule has 0 saturated carbocycles. The van der Waals surface area contributed by atoms with Crippen LogP contribution in [0, 0.1) is 11.6 Å². The maximum Gasteiger partial charge on any atom is 0.407 e. The van der Waals surface area contributed by atoms with E-state index in [0.29, 0.717) is 29.9 Å². The summed E-state index contributed by atoms with van der Waals surface area (Å²) in [7, 11) is 1.37. The molecule has 1 aromatic heterocycles. The molecule has 0 spiro atoms. The van der Waals surface area contributed by atoms with Crippen LogP contribution in [0.4, 0.5) is 19.3 Å². The van der Waals surface area contributed by atoms with E-state index in [1.165, 1.54) is 36.4 Å². The molecule has 1 saturated heterocycles. The summed E-state index contributed by atoms with van der Waals surface area (Å²) < 4.78 is 41.5. The summed E-state index contributed by atoms with van der Waals surface area (Å²) in [4.78, 5) is 18.9. The quantitative estimate of drug-likeness (QED) is 0.609. The van der Waals surface area contributed by atoms with Crippen LogP contribution in [0.2, 0.25) is 5.02 Å². The molecule has 0 unspecified atom stereocenters. The second kappa shape index (κ2) is 7.67. The number of carboxylic acid groups (broad SMARTS) is 1. The van der Waals surface area contributed by atoms with Gasteiger partial charge in [0.15, 0.2) is 11.6 Å².